The molecule has 2 aliphatic rings. The van der Waals surface area contributed by atoms with Crippen LogP contribution in [0.4, 0.5) is 14.5 Å². The summed E-state index contributed by atoms with van der Waals surface area (Å²) in [4.78, 5) is 41.7. The Morgan fingerprint density at radius 2 is 1.36 bits per heavy atom. The molecule has 3 atom stereocenters. The van der Waals surface area contributed by atoms with E-state index >= 15 is 0 Å². The molecule has 2 aliphatic heterocycles. The zero-order valence-corrected chi connectivity index (χ0v) is 19.4. The molecule has 3 aromatic rings. The highest BCUT2D eigenvalue weighted by molar-refractivity contribution is 6.24. The van der Waals surface area contributed by atoms with Gasteiger partial charge in [-0.25, -0.2) is 13.7 Å². The molecular weight excluding hydrogens is 470 g/mol. The topological polar surface area (TPSA) is 84.9 Å². The molecule has 2 fully saturated rings. The number of halogens is 2. The van der Waals surface area contributed by atoms with Gasteiger partial charge in [0.05, 0.1) is 37.3 Å². The Labute approximate surface area is 205 Å². The van der Waals surface area contributed by atoms with Crippen molar-refractivity contribution in [2.45, 2.75) is 11.6 Å². The molecule has 2 amide bonds. The molecule has 2 saturated heterocycles. The van der Waals surface area contributed by atoms with E-state index in [1.54, 1.807) is 24.3 Å². The van der Waals surface area contributed by atoms with Crippen LogP contribution in [0.2, 0.25) is 0 Å². The van der Waals surface area contributed by atoms with Crippen LogP contribution in [0.15, 0.2) is 72.8 Å². The van der Waals surface area contributed by atoms with E-state index in [2.05, 4.69) is 5.32 Å². The maximum absolute atomic E-state index is 14.0. The van der Waals surface area contributed by atoms with Gasteiger partial charge in [-0.05, 0) is 59.7 Å². The maximum atomic E-state index is 14.0. The SMILES string of the molecule is COC(=O)[C@@H]1NC(c2ccc(F)cc2)(c2ccc(F)cc2)[C@H]2C(=O)N(c3ccc(OC)cc3)C(=O)[C@@H]12. The summed E-state index contributed by atoms with van der Waals surface area (Å²) in [6.45, 7) is 0. The molecule has 0 unspecified atom stereocenters. The van der Waals surface area contributed by atoms with E-state index in [1.807, 2.05) is 0 Å². The molecule has 0 radical (unpaired) electrons. The van der Waals surface area contributed by atoms with Gasteiger partial charge in [-0.15, -0.1) is 0 Å². The minimum Gasteiger partial charge on any atom is -0.497 e. The fourth-order valence-corrected chi connectivity index (χ4v) is 5.34. The summed E-state index contributed by atoms with van der Waals surface area (Å²) in [7, 11) is 2.69. The summed E-state index contributed by atoms with van der Waals surface area (Å²) < 4.78 is 37.9. The van der Waals surface area contributed by atoms with Crippen LogP contribution in [0.3, 0.4) is 0 Å². The number of esters is 1. The highest BCUT2D eigenvalue weighted by Crippen LogP contribution is 2.52. The molecule has 0 saturated carbocycles. The average molecular weight is 492 g/mol. The molecular formula is C27H22F2N2O5. The van der Waals surface area contributed by atoms with E-state index in [0.717, 1.165) is 4.90 Å². The van der Waals surface area contributed by atoms with Crippen molar-refractivity contribution in [2.75, 3.05) is 19.1 Å². The van der Waals surface area contributed by atoms with Gasteiger partial charge in [0.2, 0.25) is 11.8 Å². The summed E-state index contributed by atoms with van der Waals surface area (Å²) >= 11 is 0. The smallest absolute Gasteiger partial charge is 0.323 e. The summed E-state index contributed by atoms with van der Waals surface area (Å²) in [5.74, 6) is -4.55. The molecule has 184 valence electrons. The van der Waals surface area contributed by atoms with Crippen molar-refractivity contribution in [3.05, 3.63) is 95.6 Å². The molecule has 0 aromatic heterocycles. The molecule has 2 heterocycles. The molecule has 0 aliphatic carbocycles. The van der Waals surface area contributed by atoms with Gasteiger partial charge in [0.15, 0.2) is 0 Å². The van der Waals surface area contributed by atoms with E-state index in [-0.39, 0.29) is 0 Å². The lowest BCUT2D eigenvalue weighted by atomic mass is 9.71. The number of carbonyl (C=O) groups excluding carboxylic acids is 3. The zero-order valence-electron chi connectivity index (χ0n) is 19.4. The van der Waals surface area contributed by atoms with E-state index in [0.29, 0.717) is 22.6 Å². The predicted molar refractivity (Wildman–Crippen MR) is 125 cm³/mol. The summed E-state index contributed by atoms with van der Waals surface area (Å²) in [6, 6.07) is 16.0. The van der Waals surface area contributed by atoms with Crippen molar-refractivity contribution >= 4 is 23.5 Å². The predicted octanol–water partition coefficient (Wildman–Crippen LogP) is 3.17. The maximum Gasteiger partial charge on any atom is 0.323 e. The monoisotopic (exact) mass is 492 g/mol. The van der Waals surface area contributed by atoms with Gasteiger partial charge in [0, 0.05) is 0 Å². The second-order valence-corrected chi connectivity index (χ2v) is 8.68. The first-order chi connectivity index (χ1) is 17.3. The fraction of sp³-hybridized carbons (Fsp3) is 0.222. The number of imide groups is 1. The lowest BCUT2D eigenvalue weighted by Crippen LogP contribution is -2.52. The Morgan fingerprint density at radius 3 is 1.83 bits per heavy atom. The van der Waals surface area contributed by atoms with Gasteiger partial charge < -0.3 is 9.47 Å². The van der Waals surface area contributed by atoms with Crippen LogP contribution >= 0.6 is 0 Å². The third kappa shape index (κ3) is 3.46. The Kier molecular flexibility index (Phi) is 5.80. The van der Waals surface area contributed by atoms with Crippen LogP contribution in [0, 0.1) is 23.5 Å². The van der Waals surface area contributed by atoms with E-state index in [9.17, 15) is 23.2 Å². The van der Waals surface area contributed by atoms with Crippen LogP contribution in [0.25, 0.3) is 0 Å². The number of nitrogens with zero attached hydrogens (tertiary/aromatic N) is 1. The molecule has 36 heavy (non-hydrogen) atoms. The Hall–Kier alpha value is -4.11. The number of anilines is 1. The first kappa shape index (κ1) is 23.6. The van der Waals surface area contributed by atoms with Crippen molar-refractivity contribution < 1.29 is 32.6 Å². The van der Waals surface area contributed by atoms with Crippen molar-refractivity contribution in [1.82, 2.24) is 5.32 Å². The lowest BCUT2D eigenvalue weighted by Gasteiger charge is -2.36. The van der Waals surface area contributed by atoms with Gasteiger partial charge in [-0.3, -0.25) is 19.7 Å². The average Bonchev–Trinajstić information content (AvgIpc) is 3.39. The van der Waals surface area contributed by atoms with Crippen LogP contribution in [-0.4, -0.2) is 38.0 Å². The summed E-state index contributed by atoms with van der Waals surface area (Å²) in [5, 5.41) is 3.17. The minimum atomic E-state index is -1.45. The van der Waals surface area contributed by atoms with Crippen molar-refractivity contribution in [2.24, 2.45) is 11.8 Å². The first-order valence-electron chi connectivity index (χ1n) is 11.2. The van der Waals surface area contributed by atoms with E-state index < -0.39 is 52.8 Å². The molecule has 7 nitrogen and oxygen atoms in total. The molecule has 3 aromatic carbocycles. The summed E-state index contributed by atoms with van der Waals surface area (Å²) in [6.07, 6.45) is 0. The van der Waals surface area contributed by atoms with Crippen LogP contribution in [-0.2, 0) is 24.7 Å². The van der Waals surface area contributed by atoms with Gasteiger partial charge in [0.25, 0.3) is 0 Å². The quantitative estimate of drug-likeness (QED) is 0.435. The molecule has 1 N–H and O–H groups in total. The molecule has 9 heteroatoms. The van der Waals surface area contributed by atoms with Crippen molar-refractivity contribution in [3.63, 3.8) is 0 Å². The normalized spacial score (nSPS) is 22.4. The van der Waals surface area contributed by atoms with Crippen molar-refractivity contribution in [3.8, 4) is 5.75 Å². The number of methoxy groups -OCH3 is 2. The van der Waals surface area contributed by atoms with Gasteiger partial charge in [-0.2, -0.15) is 0 Å². The Morgan fingerprint density at radius 1 is 0.833 bits per heavy atom. The number of amides is 2. The molecule has 0 spiro atoms. The number of hydrogen-bond acceptors (Lipinski definition) is 6. The number of fused-ring (bicyclic) bond motifs is 1. The highest BCUT2D eigenvalue weighted by Gasteiger charge is 2.68. The number of rotatable bonds is 5. The fourth-order valence-electron chi connectivity index (χ4n) is 5.34. The van der Waals surface area contributed by atoms with Gasteiger partial charge in [-0.1, -0.05) is 24.3 Å². The zero-order chi connectivity index (χ0) is 25.6. The second-order valence-electron chi connectivity index (χ2n) is 8.68. The Balaban J connectivity index is 1.73. The second kappa shape index (κ2) is 8.83. The third-order valence-electron chi connectivity index (χ3n) is 6.94. The lowest BCUT2D eigenvalue weighted by molar-refractivity contribution is -0.145. The van der Waals surface area contributed by atoms with Gasteiger partial charge in [0.1, 0.15) is 23.4 Å². The number of nitrogens with one attached hydrogen (secondary N) is 1. The van der Waals surface area contributed by atoms with Gasteiger partial charge >= 0.3 is 5.97 Å². The largest absolute Gasteiger partial charge is 0.497 e. The minimum absolute atomic E-state index is 0.316. The number of benzene rings is 3. The first-order valence-corrected chi connectivity index (χ1v) is 11.2. The number of carbonyl (C=O) groups is 3. The van der Waals surface area contributed by atoms with E-state index in [1.165, 1.54) is 62.8 Å². The number of ether oxygens (including phenoxy) is 2. The Bertz CT molecular complexity index is 1280. The molecule has 5 rings (SSSR count). The van der Waals surface area contributed by atoms with Crippen LogP contribution in [0.5, 0.6) is 5.75 Å². The van der Waals surface area contributed by atoms with Crippen LogP contribution in [0.1, 0.15) is 11.1 Å². The third-order valence-corrected chi connectivity index (χ3v) is 6.94. The number of hydrogen-bond donors (Lipinski definition) is 1. The van der Waals surface area contributed by atoms with Crippen molar-refractivity contribution in [1.29, 1.82) is 0 Å². The standard InChI is InChI=1S/C27H22F2N2O5/c1-35-20-13-11-19(12-14-20)31-24(32)21-22(25(31)33)27(30-23(21)26(34)36-2,15-3-7-17(28)8-4-15)16-5-9-18(29)10-6-16/h3-14,21-23,30H,1-2H3/t21-,22-,23-/m1/s1. The summed E-state index contributed by atoms with van der Waals surface area (Å²) in [5.41, 5.74) is -0.251. The van der Waals surface area contributed by atoms with Crippen LogP contribution < -0.4 is 15.0 Å². The van der Waals surface area contributed by atoms with E-state index in [4.69, 9.17) is 9.47 Å². The molecule has 0 bridgehead atoms. The highest BCUT2D eigenvalue weighted by atomic mass is 19.1.